The van der Waals surface area contributed by atoms with E-state index in [9.17, 15) is 0 Å². The van der Waals surface area contributed by atoms with Gasteiger partial charge in [0.05, 0.1) is 4.47 Å². The van der Waals surface area contributed by atoms with Crippen LogP contribution in [0.3, 0.4) is 0 Å². The van der Waals surface area contributed by atoms with Gasteiger partial charge in [0.1, 0.15) is 11.8 Å². The number of hydrogen-bond acceptors (Lipinski definition) is 1. The molecule has 1 aromatic carbocycles. The van der Waals surface area contributed by atoms with Gasteiger partial charge < -0.3 is 4.57 Å². The van der Waals surface area contributed by atoms with Crippen molar-refractivity contribution < 1.29 is 0 Å². The molecule has 0 aliphatic rings. The molecule has 2 aromatic rings. The van der Waals surface area contributed by atoms with Crippen LogP contribution in [0.25, 0.3) is 5.69 Å². The first-order valence-corrected chi connectivity index (χ1v) is 4.94. The molecule has 0 radical (unpaired) electrons. The van der Waals surface area contributed by atoms with Crippen LogP contribution in [0.1, 0.15) is 5.69 Å². The van der Waals surface area contributed by atoms with Gasteiger partial charge >= 0.3 is 0 Å². The second kappa shape index (κ2) is 3.69. The Kier molecular flexibility index (Phi) is 2.38. The predicted octanol–water partition coefficient (Wildman–Crippen LogP) is 3.11. The summed E-state index contributed by atoms with van der Waals surface area (Å²) in [5, 5.41) is 8.95. The van der Waals surface area contributed by atoms with Gasteiger partial charge in [0.2, 0.25) is 0 Å². The highest BCUT2D eigenvalue weighted by atomic mass is 79.9. The van der Waals surface area contributed by atoms with Crippen molar-refractivity contribution in [3.63, 3.8) is 0 Å². The van der Waals surface area contributed by atoms with Crippen molar-refractivity contribution in [3.05, 3.63) is 52.8 Å². The highest BCUT2D eigenvalue weighted by Gasteiger charge is 2.06. The van der Waals surface area contributed by atoms with Crippen LogP contribution in [0.5, 0.6) is 0 Å². The van der Waals surface area contributed by atoms with Gasteiger partial charge in [-0.3, -0.25) is 0 Å². The summed E-state index contributed by atoms with van der Waals surface area (Å²) >= 11 is 3.33. The van der Waals surface area contributed by atoms with Gasteiger partial charge in [-0.05, 0) is 34.1 Å². The normalized spacial score (nSPS) is 9.71. The van der Waals surface area contributed by atoms with Gasteiger partial charge in [-0.25, -0.2) is 0 Å². The number of halogens is 1. The van der Waals surface area contributed by atoms with Crippen LogP contribution in [0.15, 0.2) is 47.1 Å². The zero-order chi connectivity index (χ0) is 9.97. The minimum absolute atomic E-state index is 0.621. The van der Waals surface area contributed by atoms with Crippen LogP contribution in [-0.2, 0) is 0 Å². The summed E-state index contributed by atoms with van der Waals surface area (Å²) in [4.78, 5) is 0. The number of para-hydroxylation sites is 1. The fourth-order valence-corrected chi connectivity index (χ4v) is 1.72. The molecule has 0 saturated heterocycles. The van der Waals surface area contributed by atoms with E-state index in [0.717, 1.165) is 10.2 Å². The van der Waals surface area contributed by atoms with Gasteiger partial charge in [-0.15, -0.1) is 0 Å². The molecule has 0 fully saturated rings. The van der Waals surface area contributed by atoms with Gasteiger partial charge in [-0.2, -0.15) is 5.26 Å². The molecule has 0 unspecified atom stereocenters. The monoisotopic (exact) mass is 246 g/mol. The van der Waals surface area contributed by atoms with Gasteiger partial charge in [0.25, 0.3) is 0 Å². The van der Waals surface area contributed by atoms with E-state index in [1.807, 2.05) is 47.2 Å². The first kappa shape index (κ1) is 9.04. The van der Waals surface area contributed by atoms with E-state index in [1.54, 1.807) is 0 Å². The van der Waals surface area contributed by atoms with Crippen LogP contribution < -0.4 is 0 Å². The molecule has 0 N–H and O–H groups in total. The maximum Gasteiger partial charge on any atom is 0.139 e. The van der Waals surface area contributed by atoms with Crippen molar-refractivity contribution >= 4 is 15.9 Å². The van der Waals surface area contributed by atoms with Gasteiger partial charge in [0.15, 0.2) is 0 Å². The van der Waals surface area contributed by atoms with Crippen molar-refractivity contribution in [2.45, 2.75) is 0 Å². The maximum atomic E-state index is 8.95. The summed E-state index contributed by atoms with van der Waals surface area (Å²) < 4.78 is 2.67. The largest absolute Gasteiger partial charge is 0.307 e. The molecule has 0 atom stereocenters. The Morgan fingerprint density at radius 1 is 1.14 bits per heavy atom. The van der Waals surface area contributed by atoms with E-state index in [0.29, 0.717) is 5.69 Å². The maximum absolute atomic E-state index is 8.95. The van der Waals surface area contributed by atoms with Crippen LogP contribution in [-0.4, -0.2) is 4.57 Å². The van der Waals surface area contributed by atoms with E-state index < -0.39 is 0 Å². The molecule has 0 saturated carbocycles. The van der Waals surface area contributed by atoms with Crippen LogP contribution in [0.2, 0.25) is 0 Å². The molecule has 1 aromatic heterocycles. The third-order valence-electron chi connectivity index (χ3n) is 1.98. The third-order valence-corrected chi connectivity index (χ3v) is 2.62. The molecule has 0 aliphatic carbocycles. The minimum atomic E-state index is 0.621. The fraction of sp³-hybridized carbons (Fsp3) is 0. The number of nitriles is 1. The lowest BCUT2D eigenvalue weighted by Gasteiger charge is -2.03. The quantitative estimate of drug-likeness (QED) is 0.761. The first-order valence-electron chi connectivity index (χ1n) is 4.15. The highest BCUT2D eigenvalue weighted by molar-refractivity contribution is 9.10. The van der Waals surface area contributed by atoms with Crippen molar-refractivity contribution in [2.75, 3.05) is 0 Å². The molecule has 0 aliphatic heterocycles. The molecular formula is C11H7BrN2. The molecular weight excluding hydrogens is 240 g/mol. The average molecular weight is 247 g/mol. The van der Waals surface area contributed by atoms with E-state index in [4.69, 9.17) is 5.26 Å². The molecule has 68 valence electrons. The Bertz CT molecular complexity index is 480. The minimum Gasteiger partial charge on any atom is -0.307 e. The molecule has 1 heterocycles. The van der Waals surface area contributed by atoms with Crippen LogP contribution >= 0.6 is 15.9 Å². The standard InChI is InChI=1S/C11H7BrN2/c12-10-6-7-14(11(10)8-13)9-4-2-1-3-5-9/h1-7H. The molecule has 14 heavy (non-hydrogen) atoms. The molecule has 0 spiro atoms. The predicted molar refractivity (Wildman–Crippen MR) is 58.2 cm³/mol. The fourth-order valence-electron chi connectivity index (χ4n) is 1.32. The lowest BCUT2D eigenvalue weighted by Crippen LogP contribution is -1.94. The number of hydrogen-bond donors (Lipinski definition) is 0. The summed E-state index contributed by atoms with van der Waals surface area (Å²) in [5.74, 6) is 0. The van der Waals surface area contributed by atoms with Crippen molar-refractivity contribution in [3.8, 4) is 11.8 Å². The Morgan fingerprint density at radius 3 is 2.50 bits per heavy atom. The molecule has 2 rings (SSSR count). The molecule has 0 amide bonds. The van der Waals surface area contributed by atoms with Gasteiger partial charge in [0, 0.05) is 11.9 Å². The van der Waals surface area contributed by atoms with E-state index in [1.165, 1.54) is 0 Å². The van der Waals surface area contributed by atoms with Crippen molar-refractivity contribution in [1.82, 2.24) is 4.57 Å². The average Bonchev–Trinajstić information content (AvgIpc) is 2.61. The Labute approximate surface area is 90.5 Å². The summed E-state index contributed by atoms with van der Waals surface area (Å²) in [7, 11) is 0. The number of nitrogens with zero attached hydrogens (tertiary/aromatic N) is 2. The lowest BCUT2D eigenvalue weighted by molar-refractivity contribution is 1.05. The smallest absolute Gasteiger partial charge is 0.139 e. The molecule has 2 nitrogen and oxygen atoms in total. The summed E-state index contributed by atoms with van der Waals surface area (Å²) in [6, 6.07) is 13.8. The molecule has 0 bridgehead atoms. The highest BCUT2D eigenvalue weighted by Crippen LogP contribution is 2.20. The second-order valence-electron chi connectivity index (χ2n) is 2.83. The van der Waals surface area contributed by atoms with Crippen LogP contribution in [0, 0.1) is 11.3 Å². The third kappa shape index (κ3) is 1.45. The topological polar surface area (TPSA) is 28.7 Å². The lowest BCUT2D eigenvalue weighted by atomic mass is 10.3. The van der Waals surface area contributed by atoms with Crippen molar-refractivity contribution in [2.24, 2.45) is 0 Å². The molecule has 3 heteroatoms. The van der Waals surface area contributed by atoms with E-state index in [2.05, 4.69) is 22.0 Å². The Morgan fingerprint density at radius 2 is 1.86 bits per heavy atom. The zero-order valence-electron chi connectivity index (χ0n) is 7.31. The summed E-state index contributed by atoms with van der Waals surface area (Å²) in [6.07, 6.45) is 1.87. The second-order valence-corrected chi connectivity index (χ2v) is 3.68. The van der Waals surface area contributed by atoms with Crippen molar-refractivity contribution in [1.29, 1.82) is 5.26 Å². The Balaban J connectivity index is 2.59. The number of rotatable bonds is 1. The Hall–Kier alpha value is -1.53. The zero-order valence-corrected chi connectivity index (χ0v) is 8.90. The number of aromatic nitrogens is 1. The number of benzene rings is 1. The SMILES string of the molecule is N#Cc1c(Br)ccn1-c1ccccc1. The van der Waals surface area contributed by atoms with E-state index in [-0.39, 0.29) is 0 Å². The first-order chi connectivity index (χ1) is 6.83. The van der Waals surface area contributed by atoms with Crippen LogP contribution in [0.4, 0.5) is 0 Å². The summed E-state index contributed by atoms with van der Waals surface area (Å²) in [5.41, 5.74) is 1.62. The summed E-state index contributed by atoms with van der Waals surface area (Å²) in [6.45, 7) is 0. The van der Waals surface area contributed by atoms with Gasteiger partial charge in [-0.1, -0.05) is 18.2 Å². The van der Waals surface area contributed by atoms with E-state index >= 15 is 0 Å².